The lowest BCUT2D eigenvalue weighted by Gasteiger charge is -2.34. The monoisotopic (exact) mass is 263 g/mol. The molecule has 5 heteroatoms. The van der Waals surface area contributed by atoms with Crippen LogP contribution in [0.25, 0.3) is 0 Å². The molecular formula is C14H21N3O2. The van der Waals surface area contributed by atoms with Crippen molar-refractivity contribution < 1.29 is 9.53 Å². The Morgan fingerprint density at radius 1 is 1.53 bits per heavy atom. The van der Waals surface area contributed by atoms with Gasteiger partial charge in [0, 0.05) is 13.1 Å². The molecule has 0 radical (unpaired) electrons. The first kappa shape index (κ1) is 13.8. The lowest BCUT2D eigenvalue weighted by molar-refractivity contribution is -0.123. The molecular weight excluding hydrogens is 242 g/mol. The van der Waals surface area contributed by atoms with Crippen LogP contribution in [-0.4, -0.2) is 42.6 Å². The van der Waals surface area contributed by atoms with Crippen LogP contribution in [0.3, 0.4) is 0 Å². The molecule has 2 atom stereocenters. The molecule has 1 aromatic carbocycles. The van der Waals surface area contributed by atoms with Crippen molar-refractivity contribution in [2.75, 3.05) is 30.7 Å². The second kappa shape index (κ2) is 6.04. The van der Waals surface area contributed by atoms with Crippen LogP contribution in [0.1, 0.15) is 13.8 Å². The number of ether oxygens (including phenoxy) is 1. The highest BCUT2D eigenvalue weighted by atomic mass is 16.5. The van der Waals surface area contributed by atoms with Crippen LogP contribution in [-0.2, 0) is 9.53 Å². The second-order valence-corrected chi connectivity index (χ2v) is 4.93. The first-order valence-corrected chi connectivity index (χ1v) is 6.59. The summed E-state index contributed by atoms with van der Waals surface area (Å²) in [6.45, 7) is 6.16. The SMILES string of the molecule is CC1CN(C(C)C(=O)Nc2ccccc2N)CCO1. The number of amides is 1. The van der Waals surface area contributed by atoms with E-state index in [4.69, 9.17) is 10.5 Å². The molecule has 0 bridgehead atoms. The molecule has 0 aliphatic carbocycles. The van der Waals surface area contributed by atoms with Crippen LogP contribution in [0.15, 0.2) is 24.3 Å². The van der Waals surface area contributed by atoms with Crippen LogP contribution in [0.5, 0.6) is 0 Å². The zero-order valence-electron chi connectivity index (χ0n) is 11.4. The summed E-state index contributed by atoms with van der Waals surface area (Å²) in [6.07, 6.45) is 0.172. The molecule has 1 fully saturated rings. The third kappa shape index (κ3) is 3.45. The molecule has 2 rings (SSSR count). The van der Waals surface area contributed by atoms with Gasteiger partial charge in [-0.2, -0.15) is 0 Å². The van der Waals surface area contributed by atoms with Gasteiger partial charge in [0.05, 0.1) is 30.1 Å². The number of nitrogen functional groups attached to an aromatic ring is 1. The van der Waals surface area contributed by atoms with Crippen LogP contribution in [0.2, 0.25) is 0 Å². The molecule has 5 nitrogen and oxygen atoms in total. The minimum atomic E-state index is -0.189. The first-order valence-electron chi connectivity index (χ1n) is 6.59. The summed E-state index contributed by atoms with van der Waals surface area (Å²) in [6, 6.07) is 7.09. The first-order chi connectivity index (χ1) is 9.08. The fourth-order valence-electron chi connectivity index (χ4n) is 2.21. The molecule has 3 N–H and O–H groups in total. The van der Waals surface area contributed by atoms with Gasteiger partial charge in [-0.15, -0.1) is 0 Å². The van der Waals surface area contributed by atoms with Gasteiger partial charge in [0.2, 0.25) is 5.91 Å². The van der Waals surface area contributed by atoms with Gasteiger partial charge in [-0.05, 0) is 26.0 Å². The molecule has 0 spiro atoms. The Kier molecular flexibility index (Phi) is 4.39. The second-order valence-electron chi connectivity index (χ2n) is 4.93. The van der Waals surface area contributed by atoms with Crippen molar-refractivity contribution in [2.45, 2.75) is 26.0 Å². The summed E-state index contributed by atoms with van der Waals surface area (Å²) < 4.78 is 5.48. The molecule has 0 aromatic heterocycles. The Balaban J connectivity index is 1.97. The maximum Gasteiger partial charge on any atom is 0.241 e. The lowest BCUT2D eigenvalue weighted by Crippen LogP contribution is -2.50. The molecule has 1 heterocycles. The zero-order valence-corrected chi connectivity index (χ0v) is 11.4. The molecule has 19 heavy (non-hydrogen) atoms. The number of nitrogens with one attached hydrogen (secondary N) is 1. The van der Waals surface area contributed by atoms with Crippen molar-refractivity contribution in [1.82, 2.24) is 4.90 Å². The summed E-state index contributed by atoms with van der Waals surface area (Å²) in [4.78, 5) is 14.3. The number of nitrogens with zero attached hydrogens (tertiary/aromatic N) is 1. The smallest absolute Gasteiger partial charge is 0.241 e. The third-order valence-electron chi connectivity index (χ3n) is 3.42. The number of anilines is 2. The van der Waals surface area contributed by atoms with Gasteiger partial charge >= 0.3 is 0 Å². The van der Waals surface area contributed by atoms with Gasteiger partial charge in [0.25, 0.3) is 0 Å². The molecule has 0 saturated carbocycles. The van der Waals surface area contributed by atoms with Crippen molar-refractivity contribution in [1.29, 1.82) is 0 Å². The lowest BCUT2D eigenvalue weighted by atomic mass is 10.2. The van der Waals surface area contributed by atoms with E-state index in [2.05, 4.69) is 10.2 Å². The van der Waals surface area contributed by atoms with Gasteiger partial charge in [-0.25, -0.2) is 0 Å². The Morgan fingerprint density at radius 2 is 2.26 bits per heavy atom. The minimum absolute atomic E-state index is 0.0352. The van der Waals surface area contributed by atoms with E-state index < -0.39 is 0 Å². The van der Waals surface area contributed by atoms with Crippen LogP contribution >= 0.6 is 0 Å². The number of para-hydroxylation sites is 2. The Hall–Kier alpha value is -1.59. The number of hydrogen-bond donors (Lipinski definition) is 2. The van der Waals surface area contributed by atoms with Crippen molar-refractivity contribution in [3.63, 3.8) is 0 Å². The highest BCUT2D eigenvalue weighted by Crippen LogP contribution is 2.18. The molecule has 1 saturated heterocycles. The molecule has 2 unspecified atom stereocenters. The van der Waals surface area contributed by atoms with Crippen molar-refractivity contribution >= 4 is 17.3 Å². The number of morpholine rings is 1. The highest BCUT2D eigenvalue weighted by Gasteiger charge is 2.26. The molecule has 1 aliphatic heterocycles. The summed E-state index contributed by atoms with van der Waals surface area (Å²) >= 11 is 0. The predicted octanol–water partition coefficient (Wildman–Crippen LogP) is 1.32. The van der Waals surface area contributed by atoms with Gasteiger partial charge in [-0.1, -0.05) is 12.1 Å². The summed E-state index contributed by atoms with van der Waals surface area (Å²) in [5.74, 6) is -0.0352. The van der Waals surface area contributed by atoms with E-state index >= 15 is 0 Å². The van der Waals surface area contributed by atoms with E-state index in [0.29, 0.717) is 18.0 Å². The summed E-state index contributed by atoms with van der Waals surface area (Å²) in [5.41, 5.74) is 7.07. The average molecular weight is 263 g/mol. The maximum absolute atomic E-state index is 12.2. The number of nitrogens with two attached hydrogens (primary N) is 1. The van der Waals surface area contributed by atoms with Gasteiger partial charge in [0.1, 0.15) is 0 Å². The summed E-state index contributed by atoms with van der Waals surface area (Å²) in [5, 5.41) is 2.88. The molecule has 1 aliphatic rings. The zero-order chi connectivity index (χ0) is 13.8. The minimum Gasteiger partial charge on any atom is -0.397 e. The Labute approximate surface area is 113 Å². The average Bonchev–Trinajstić information content (AvgIpc) is 2.40. The van der Waals surface area contributed by atoms with Crippen LogP contribution in [0.4, 0.5) is 11.4 Å². The van der Waals surface area contributed by atoms with Gasteiger partial charge in [-0.3, -0.25) is 9.69 Å². The van der Waals surface area contributed by atoms with Crippen molar-refractivity contribution in [2.24, 2.45) is 0 Å². The normalized spacial score (nSPS) is 21.9. The van der Waals surface area contributed by atoms with Crippen LogP contribution in [0, 0.1) is 0 Å². The maximum atomic E-state index is 12.2. The standard InChI is InChI=1S/C14H21N3O2/c1-10-9-17(7-8-19-10)11(2)14(18)16-13-6-4-3-5-12(13)15/h3-6,10-11H,7-9,15H2,1-2H3,(H,16,18). The van der Waals surface area contributed by atoms with Crippen LogP contribution < -0.4 is 11.1 Å². The third-order valence-corrected chi connectivity index (χ3v) is 3.42. The molecule has 1 amide bonds. The van der Waals surface area contributed by atoms with E-state index in [9.17, 15) is 4.79 Å². The van der Waals surface area contributed by atoms with E-state index in [1.54, 1.807) is 6.07 Å². The summed E-state index contributed by atoms with van der Waals surface area (Å²) in [7, 11) is 0. The predicted molar refractivity (Wildman–Crippen MR) is 75.9 cm³/mol. The fraction of sp³-hybridized carbons (Fsp3) is 0.500. The van der Waals surface area contributed by atoms with Crippen molar-refractivity contribution in [3.8, 4) is 0 Å². The van der Waals surface area contributed by atoms with E-state index in [-0.39, 0.29) is 18.1 Å². The van der Waals surface area contributed by atoms with Gasteiger partial charge in [0.15, 0.2) is 0 Å². The van der Waals surface area contributed by atoms with E-state index in [1.807, 2.05) is 32.0 Å². The molecule has 104 valence electrons. The highest BCUT2D eigenvalue weighted by molar-refractivity contribution is 5.97. The van der Waals surface area contributed by atoms with E-state index in [1.165, 1.54) is 0 Å². The number of rotatable bonds is 3. The number of carbonyl (C=O) groups is 1. The number of benzene rings is 1. The Morgan fingerprint density at radius 3 is 2.95 bits per heavy atom. The largest absolute Gasteiger partial charge is 0.397 e. The quantitative estimate of drug-likeness (QED) is 0.807. The van der Waals surface area contributed by atoms with Crippen molar-refractivity contribution in [3.05, 3.63) is 24.3 Å². The number of carbonyl (C=O) groups excluding carboxylic acids is 1. The van der Waals surface area contributed by atoms with E-state index in [0.717, 1.165) is 13.1 Å². The molecule has 1 aromatic rings. The number of hydrogen-bond acceptors (Lipinski definition) is 4. The topological polar surface area (TPSA) is 67.6 Å². The fourth-order valence-corrected chi connectivity index (χ4v) is 2.21. The van der Waals surface area contributed by atoms with Gasteiger partial charge < -0.3 is 15.8 Å². The Bertz CT molecular complexity index is 450.